The molecule has 0 unspecified atom stereocenters. The van der Waals surface area contributed by atoms with Crippen LogP contribution in [0.15, 0.2) is 40.8 Å². The molecule has 0 saturated carbocycles. The van der Waals surface area contributed by atoms with E-state index < -0.39 is 12.5 Å². The average Bonchev–Trinajstić information content (AvgIpc) is 2.89. The third kappa shape index (κ3) is 3.33. The van der Waals surface area contributed by atoms with Crippen molar-refractivity contribution in [2.24, 2.45) is 5.73 Å². The third-order valence-corrected chi connectivity index (χ3v) is 2.44. The second kappa shape index (κ2) is 6.16. The van der Waals surface area contributed by atoms with Crippen molar-refractivity contribution in [3.63, 3.8) is 0 Å². The molecule has 0 bridgehead atoms. The normalized spacial score (nSPS) is 10.6. The fourth-order valence-electron chi connectivity index (χ4n) is 1.56. The first kappa shape index (κ1) is 14.0. The summed E-state index contributed by atoms with van der Waals surface area (Å²) in [4.78, 5) is 11.9. The van der Waals surface area contributed by atoms with Gasteiger partial charge in [-0.3, -0.25) is 4.79 Å². The van der Waals surface area contributed by atoms with Crippen molar-refractivity contribution in [2.75, 3.05) is 5.32 Å². The molecule has 2 rings (SSSR count). The Morgan fingerprint density at radius 2 is 2.05 bits per heavy atom. The topological polar surface area (TPSA) is 77.5 Å². The number of halogens is 2. The van der Waals surface area contributed by atoms with E-state index in [0.29, 0.717) is 5.76 Å². The van der Waals surface area contributed by atoms with Gasteiger partial charge in [0.25, 0.3) is 5.91 Å². The zero-order valence-corrected chi connectivity index (χ0v) is 10.3. The van der Waals surface area contributed by atoms with E-state index in [2.05, 4.69) is 10.1 Å². The summed E-state index contributed by atoms with van der Waals surface area (Å²) in [5.74, 6) is -0.207. The van der Waals surface area contributed by atoms with Crippen molar-refractivity contribution in [2.45, 2.75) is 13.2 Å². The van der Waals surface area contributed by atoms with Crippen LogP contribution in [0.1, 0.15) is 16.3 Å². The first-order chi connectivity index (χ1) is 9.60. The molecule has 5 nitrogen and oxygen atoms in total. The van der Waals surface area contributed by atoms with Crippen LogP contribution in [0, 0.1) is 0 Å². The highest BCUT2D eigenvalue weighted by molar-refractivity contribution is 6.03. The summed E-state index contributed by atoms with van der Waals surface area (Å²) in [5, 5.41) is 2.44. The lowest BCUT2D eigenvalue weighted by atomic mass is 10.3. The van der Waals surface area contributed by atoms with E-state index in [0.717, 1.165) is 0 Å². The number of rotatable bonds is 5. The van der Waals surface area contributed by atoms with Crippen molar-refractivity contribution in [1.82, 2.24) is 0 Å². The lowest BCUT2D eigenvalue weighted by Gasteiger charge is -2.10. The Morgan fingerprint density at radius 1 is 1.30 bits per heavy atom. The Morgan fingerprint density at radius 3 is 2.70 bits per heavy atom. The minimum absolute atomic E-state index is 0.0392. The van der Waals surface area contributed by atoms with Gasteiger partial charge in [0, 0.05) is 0 Å². The molecule has 106 valence electrons. The fourth-order valence-corrected chi connectivity index (χ4v) is 1.56. The number of hydrogen-bond donors (Lipinski definition) is 2. The number of carbonyl (C=O) groups excluding carboxylic acids is 1. The minimum atomic E-state index is -2.97. The fraction of sp³-hybridized carbons (Fsp3) is 0.154. The highest BCUT2D eigenvalue weighted by Crippen LogP contribution is 2.26. The van der Waals surface area contributed by atoms with Crippen LogP contribution in [0.2, 0.25) is 0 Å². The molecule has 1 aromatic carbocycles. The summed E-state index contributed by atoms with van der Waals surface area (Å²) in [7, 11) is 0. The number of hydrogen-bond acceptors (Lipinski definition) is 4. The monoisotopic (exact) mass is 282 g/mol. The van der Waals surface area contributed by atoms with Crippen LogP contribution in [0.5, 0.6) is 5.75 Å². The SMILES string of the molecule is NCc1ccc(C(=O)Nc2ccccc2OC(F)F)o1. The van der Waals surface area contributed by atoms with Crippen molar-refractivity contribution < 1.29 is 22.7 Å². The van der Waals surface area contributed by atoms with Gasteiger partial charge in [0.2, 0.25) is 0 Å². The predicted molar refractivity (Wildman–Crippen MR) is 67.6 cm³/mol. The van der Waals surface area contributed by atoms with E-state index in [9.17, 15) is 13.6 Å². The number of benzene rings is 1. The van der Waals surface area contributed by atoms with Crippen LogP contribution in [-0.2, 0) is 6.54 Å². The number of nitrogens with two attached hydrogens (primary N) is 1. The first-order valence-corrected chi connectivity index (χ1v) is 5.74. The van der Waals surface area contributed by atoms with E-state index in [1.807, 2.05) is 0 Å². The van der Waals surface area contributed by atoms with Crippen LogP contribution in [-0.4, -0.2) is 12.5 Å². The number of furan rings is 1. The van der Waals surface area contributed by atoms with Crippen LogP contribution in [0.4, 0.5) is 14.5 Å². The standard InChI is InChI=1S/C13H12F2N2O3/c14-13(15)20-10-4-2-1-3-9(10)17-12(18)11-6-5-8(7-16)19-11/h1-6,13H,7,16H2,(H,17,18). The van der Waals surface area contributed by atoms with Crippen LogP contribution >= 0.6 is 0 Å². The van der Waals surface area contributed by atoms with Gasteiger partial charge >= 0.3 is 6.61 Å². The molecule has 0 radical (unpaired) electrons. The summed E-state index contributed by atoms with van der Waals surface area (Å²) in [5.41, 5.74) is 5.49. The van der Waals surface area contributed by atoms with Gasteiger partial charge in [-0.05, 0) is 24.3 Å². The Hall–Kier alpha value is -2.41. The van der Waals surface area contributed by atoms with Gasteiger partial charge in [0.1, 0.15) is 11.5 Å². The largest absolute Gasteiger partial charge is 0.455 e. The molecule has 1 aromatic heterocycles. The van der Waals surface area contributed by atoms with Crippen LogP contribution in [0.25, 0.3) is 0 Å². The third-order valence-electron chi connectivity index (χ3n) is 2.44. The maximum Gasteiger partial charge on any atom is 0.387 e. The lowest BCUT2D eigenvalue weighted by Crippen LogP contribution is -2.13. The van der Waals surface area contributed by atoms with E-state index in [4.69, 9.17) is 10.2 Å². The van der Waals surface area contributed by atoms with Crippen LogP contribution < -0.4 is 15.8 Å². The summed E-state index contributed by atoms with van der Waals surface area (Å²) in [6, 6.07) is 8.90. The van der Waals surface area contributed by atoms with Gasteiger partial charge < -0.3 is 20.2 Å². The second-order valence-electron chi connectivity index (χ2n) is 3.80. The quantitative estimate of drug-likeness (QED) is 0.883. The summed E-state index contributed by atoms with van der Waals surface area (Å²) < 4.78 is 34.0. The second-order valence-corrected chi connectivity index (χ2v) is 3.80. The maximum atomic E-state index is 12.2. The van der Waals surface area contributed by atoms with Gasteiger partial charge in [-0.2, -0.15) is 8.78 Å². The molecule has 7 heteroatoms. The highest BCUT2D eigenvalue weighted by Gasteiger charge is 2.15. The molecule has 0 aliphatic carbocycles. The molecule has 0 aliphatic rings. The van der Waals surface area contributed by atoms with Gasteiger partial charge in [0.15, 0.2) is 5.76 Å². The predicted octanol–water partition coefficient (Wildman–Crippen LogP) is 2.59. The van der Waals surface area contributed by atoms with E-state index >= 15 is 0 Å². The van der Waals surface area contributed by atoms with Crippen molar-refractivity contribution in [3.8, 4) is 5.75 Å². The number of ether oxygens (including phenoxy) is 1. The zero-order chi connectivity index (χ0) is 14.5. The smallest absolute Gasteiger partial charge is 0.387 e. The molecule has 0 atom stereocenters. The Bertz CT molecular complexity index is 599. The van der Waals surface area contributed by atoms with Crippen molar-refractivity contribution >= 4 is 11.6 Å². The van der Waals surface area contributed by atoms with Gasteiger partial charge in [-0.15, -0.1) is 0 Å². The highest BCUT2D eigenvalue weighted by atomic mass is 19.3. The maximum absolute atomic E-state index is 12.2. The van der Waals surface area contributed by atoms with E-state index in [1.54, 1.807) is 12.1 Å². The molecule has 3 N–H and O–H groups in total. The molecule has 0 saturated heterocycles. The summed E-state index contributed by atoms with van der Waals surface area (Å²) in [6.07, 6.45) is 0. The van der Waals surface area contributed by atoms with Gasteiger partial charge in [0.05, 0.1) is 12.2 Å². The van der Waals surface area contributed by atoms with Crippen LogP contribution in [0.3, 0.4) is 0 Å². The number of para-hydroxylation sites is 2. The molecule has 0 fully saturated rings. The average molecular weight is 282 g/mol. The number of carbonyl (C=O) groups is 1. The lowest BCUT2D eigenvalue weighted by molar-refractivity contribution is -0.0493. The number of alkyl halides is 2. The Balaban J connectivity index is 2.15. The van der Waals surface area contributed by atoms with Gasteiger partial charge in [-0.25, -0.2) is 0 Å². The van der Waals surface area contributed by atoms with E-state index in [1.165, 1.54) is 24.3 Å². The molecule has 0 aliphatic heterocycles. The summed E-state index contributed by atoms with van der Waals surface area (Å²) in [6.45, 7) is -2.81. The molecule has 1 heterocycles. The molecular formula is C13H12F2N2O3. The molecule has 1 amide bonds. The number of amides is 1. The van der Waals surface area contributed by atoms with Crippen molar-refractivity contribution in [3.05, 3.63) is 47.9 Å². The molecule has 20 heavy (non-hydrogen) atoms. The molecular weight excluding hydrogens is 270 g/mol. The molecule has 2 aromatic rings. The Kier molecular flexibility index (Phi) is 4.31. The Labute approximate surface area is 113 Å². The number of anilines is 1. The van der Waals surface area contributed by atoms with Gasteiger partial charge in [-0.1, -0.05) is 12.1 Å². The van der Waals surface area contributed by atoms with E-state index in [-0.39, 0.29) is 23.7 Å². The molecule has 0 spiro atoms. The minimum Gasteiger partial charge on any atom is -0.455 e. The summed E-state index contributed by atoms with van der Waals surface area (Å²) >= 11 is 0. The number of nitrogens with one attached hydrogen (secondary N) is 1. The first-order valence-electron chi connectivity index (χ1n) is 5.74. The zero-order valence-electron chi connectivity index (χ0n) is 10.3. The van der Waals surface area contributed by atoms with Crippen molar-refractivity contribution in [1.29, 1.82) is 0 Å².